The van der Waals surface area contributed by atoms with Gasteiger partial charge in [-0.25, -0.2) is 18.0 Å². The second-order valence-corrected chi connectivity index (χ2v) is 8.76. The van der Waals surface area contributed by atoms with Crippen molar-refractivity contribution in [1.82, 2.24) is 10.6 Å². The van der Waals surface area contributed by atoms with Crippen LogP contribution in [0, 0.1) is 5.92 Å². The molecular formula is C18H23F3N2O7S. The van der Waals surface area contributed by atoms with Crippen molar-refractivity contribution in [2.24, 2.45) is 5.92 Å². The second kappa shape index (κ2) is 11.0. The lowest BCUT2D eigenvalue weighted by Gasteiger charge is -2.24. The third-order valence-electron chi connectivity index (χ3n) is 3.98. The molecule has 0 unspecified atom stereocenters. The largest absolute Gasteiger partial charge is 0.497 e. The minimum atomic E-state index is -5.73. The zero-order valence-corrected chi connectivity index (χ0v) is 17.7. The number of alkyl halides is 3. The first kappa shape index (κ1) is 26.2. The molecule has 1 aromatic carbocycles. The first-order valence-electron chi connectivity index (χ1n) is 8.93. The highest BCUT2D eigenvalue weighted by Gasteiger charge is 2.48. The average molecular weight is 468 g/mol. The Bertz CT molecular complexity index is 874. The van der Waals surface area contributed by atoms with Crippen LogP contribution in [0.3, 0.4) is 0 Å². The molecule has 0 radical (unpaired) electrons. The van der Waals surface area contributed by atoms with E-state index in [0.717, 1.165) is 7.11 Å². The maximum Gasteiger partial charge on any atom is 0.497 e. The van der Waals surface area contributed by atoms with Crippen LogP contribution in [0.2, 0.25) is 0 Å². The topological polar surface area (TPSA) is 128 Å². The second-order valence-electron chi connectivity index (χ2n) is 6.74. The molecule has 174 valence electrons. The van der Waals surface area contributed by atoms with E-state index in [9.17, 15) is 36.0 Å². The van der Waals surface area contributed by atoms with E-state index in [1.807, 2.05) is 5.32 Å². The molecule has 0 saturated carbocycles. The molecule has 0 aliphatic rings. The summed E-state index contributed by atoms with van der Waals surface area (Å²) in [4.78, 5) is 36.3. The molecule has 0 fully saturated rings. The first-order chi connectivity index (χ1) is 14.3. The Balaban J connectivity index is 2.86. The molecular weight excluding hydrogens is 445 g/mol. The summed E-state index contributed by atoms with van der Waals surface area (Å²) >= 11 is 0. The summed E-state index contributed by atoms with van der Waals surface area (Å²) in [6, 6.07) is 5.14. The lowest BCUT2D eigenvalue weighted by Crippen LogP contribution is -2.56. The summed E-state index contributed by atoms with van der Waals surface area (Å²) in [5, 5.41) is 4.14. The fourth-order valence-corrected chi connectivity index (χ4v) is 3.16. The van der Waals surface area contributed by atoms with E-state index in [1.54, 1.807) is 30.3 Å². The molecule has 1 aromatic rings. The van der Waals surface area contributed by atoms with Crippen LogP contribution in [-0.2, 0) is 35.5 Å². The highest BCUT2D eigenvalue weighted by atomic mass is 32.2. The monoisotopic (exact) mass is 468 g/mol. The normalized spacial score (nSPS) is 13.8. The predicted octanol–water partition coefficient (Wildman–Crippen LogP) is 1.53. The highest BCUT2D eigenvalue weighted by molar-refractivity contribution is 7.92. The van der Waals surface area contributed by atoms with E-state index in [2.05, 4.69) is 10.1 Å². The number of benzene rings is 1. The van der Waals surface area contributed by atoms with Crippen molar-refractivity contribution in [3.05, 3.63) is 35.9 Å². The Morgan fingerprint density at radius 3 is 2.13 bits per heavy atom. The number of hydrogen-bond donors (Lipinski definition) is 2. The van der Waals surface area contributed by atoms with Crippen molar-refractivity contribution < 1.29 is 45.4 Å². The molecule has 0 heterocycles. The number of sulfone groups is 1. The lowest BCUT2D eigenvalue weighted by atomic mass is 10.0. The molecule has 9 nitrogen and oxygen atoms in total. The van der Waals surface area contributed by atoms with Crippen LogP contribution in [0.5, 0.6) is 0 Å². The zero-order valence-electron chi connectivity index (χ0n) is 16.9. The lowest BCUT2D eigenvalue weighted by molar-refractivity contribution is -0.144. The fraction of sp³-hybridized carbons (Fsp3) is 0.500. The standard InChI is InChI=1S/C18H23F3N2O7S/c1-11(2)14(23-17(26)30-9-12-7-5-4-6-8-12)15(24)22-13(16(25)29-3)10-31(27,28)18(19,20)21/h4-8,11,13-14H,9-10H2,1-3H3,(H,22,24)(H,23,26)/t13-,14-/m0/s1. The van der Waals surface area contributed by atoms with Gasteiger partial charge in [0.1, 0.15) is 18.7 Å². The van der Waals surface area contributed by atoms with E-state index in [4.69, 9.17) is 4.74 Å². The molecule has 0 aromatic heterocycles. The minimum Gasteiger partial charge on any atom is -0.467 e. The van der Waals surface area contributed by atoms with Crippen LogP contribution in [0.1, 0.15) is 19.4 Å². The van der Waals surface area contributed by atoms with E-state index >= 15 is 0 Å². The van der Waals surface area contributed by atoms with Gasteiger partial charge in [-0.1, -0.05) is 44.2 Å². The number of hydrogen-bond acceptors (Lipinski definition) is 7. The molecule has 0 bridgehead atoms. The van der Waals surface area contributed by atoms with Gasteiger partial charge in [0.25, 0.3) is 0 Å². The van der Waals surface area contributed by atoms with E-state index in [0.29, 0.717) is 5.56 Å². The third-order valence-corrected chi connectivity index (χ3v) is 5.45. The quantitative estimate of drug-likeness (QED) is 0.526. The fourth-order valence-electron chi connectivity index (χ4n) is 2.31. The van der Waals surface area contributed by atoms with Crippen LogP contribution < -0.4 is 10.6 Å². The van der Waals surface area contributed by atoms with E-state index < -0.39 is 57.1 Å². The van der Waals surface area contributed by atoms with Gasteiger partial charge in [0.15, 0.2) is 0 Å². The van der Waals surface area contributed by atoms with Gasteiger partial charge in [-0.05, 0) is 11.5 Å². The van der Waals surface area contributed by atoms with Crippen molar-refractivity contribution in [2.75, 3.05) is 12.9 Å². The Morgan fingerprint density at radius 1 is 1.06 bits per heavy atom. The van der Waals surface area contributed by atoms with Crippen LogP contribution in [0.25, 0.3) is 0 Å². The van der Waals surface area contributed by atoms with Crippen molar-refractivity contribution in [3.63, 3.8) is 0 Å². The maximum absolute atomic E-state index is 12.7. The molecule has 0 spiro atoms. The number of esters is 1. The van der Waals surface area contributed by atoms with Crippen LogP contribution >= 0.6 is 0 Å². The van der Waals surface area contributed by atoms with E-state index in [1.165, 1.54) is 13.8 Å². The number of carbonyl (C=O) groups excluding carboxylic acids is 3. The maximum atomic E-state index is 12.7. The number of nitrogens with one attached hydrogen (secondary N) is 2. The number of amides is 2. The van der Waals surface area contributed by atoms with Gasteiger partial charge in [-0.15, -0.1) is 0 Å². The van der Waals surface area contributed by atoms with Crippen LogP contribution in [0.4, 0.5) is 18.0 Å². The Labute approximate surface area is 177 Å². The summed E-state index contributed by atoms with van der Waals surface area (Å²) in [6.45, 7) is 2.93. The molecule has 13 heteroatoms. The third kappa shape index (κ3) is 8.07. The van der Waals surface area contributed by atoms with Crippen molar-refractivity contribution >= 4 is 27.8 Å². The first-order valence-corrected chi connectivity index (χ1v) is 10.6. The SMILES string of the molecule is COC(=O)[C@H](CS(=O)(=O)C(F)(F)F)NC(=O)[C@@H](NC(=O)OCc1ccccc1)C(C)C. The number of ether oxygens (including phenoxy) is 2. The Hall–Kier alpha value is -2.83. The van der Waals surface area contributed by atoms with E-state index in [-0.39, 0.29) is 6.61 Å². The predicted molar refractivity (Wildman–Crippen MR) is 102 cm³/mol. The van der Waals surface area contributed by atoms with Crippen LogP contribution in [0.15, 0.2) is 30.3 Å². The molecule has 31 heavy (non-hydrogen) atoms. The molecule has 1 rings (SSSR count). The summed E-state index contributed by atoms with van der Waals surface area (Å²) in [7, 11) is -4.91. The molecule has 0 aliphatic heterocycles. The van der Waals surface area contributed by atoms with Gasteiger partial charge in [0, 0.05) is 0 Å². The molecule has 2 N–H and O–H groups in total. The molecule has 0 aliphatic carbocycles. The van der Waals surface area contributed by atoms with Crippen molar-refractivity contribution in [3.8, 4) is 0 Å². The summed E-state index contributed by atoms with van der Waals surface area (Å²) in [5.41, 5.74) is -4.95. The van der Waals surface area contributed by atoms with Crippen LogP contribution in [-0.4, -0.2) is 56.8 Å². The van der Waals surface area contributed by atoms with Gasteiger partial charge >= 0.3 is 17.6 Å². The number of carbonyl (C=O) groups is 3. The molecule has 2 atom stereocenters. The number of halogens is 3. The summed E-state index contributed by atoms with van der Waals surface area (Å²) in [6.07, 6.45) is -0.991. The minimum absolute atomic E-state index is 0.103. The highest BCUT2D eigenvalue weighted by Crippen LogP contribution is 2.24. The molecule has 2 amide bonds. The van der Waals surface area contributed by atoms with Gasteiger partial charge in [0.2, 0.25) is 15.7 Å². The smallest absolute Gasteiger partial charge is 0.467 e. The van der Waals surface area contributed by atoms with Crippen molar-refractivity contribution in [2.45, 2.75) is 38.0 Å². The zero-order chi connectivity index (χ0) is 23.8. The van der Waals surface area contributed by atoms with Gasteiger partial charge < -0.3 is 20.1 Å². The average Bonchev–Trinajstić information content (AvgIpc) is 2.68. The Kier molecular flexibility index (Phi) is 9.28. The number of alkyl carbamates (subject to hydrolysis) is 1. The van der Waals surface area contributed by atoms with Gasteiger partial charge in [0.05, 0.1) is 12.9 Å². The number of methoxy groups -OCH3 is 1. The van der Waals surface area contributed by atoms with Gasteiger partial charge in [-0.3, -0.25) is 4.79 Å². The molecule has 0 saturated heterocycles. The summed E-state index contributed by atoms with van der Waals surface area (Å²) in [5.74, 6) is -4.81. The van der Waals surface area contributed by atoms with Gasteiger partial charge in [-0.2, -0.15) is 13.2 Å². The van der Waals surface area contributed by atoms with Crippen molar-refractivity contribution in [1.29, 1.82) is 0 Å². The summed E-state index contributed by atoms with van der Waals surface area (Å²) < 4.78 is 70.0. The Morgan fingerprint density at radius 2 is 1.65 bits per heavy atom. The number of rotatable bonds is 9.